The minimum Gasteiger partial charge on any atom is -0.322 e. The molecule has 32 heavy (non-hydrogen) atoms. The van der Waals surface area contributed by atoms with Crippen molar-refractivity contribution in [1.29, 1.82) is 0 Å². The van der Waals surface area contributed by atoms with E-state index in [9.17, 15) is 9.59 Å². The van der Waals surface area contributed by atoms with Crippen molar-refractivity contribution in [2.24, 2.45) is 0 Å². The number of aromatic nitrogens is 3. The number of thiazole rings is 1. The van der Waals surface area contributed by atoms with Crippen LogP contribution in [0.15, 0.2) is 73.1 Å². The highest BCUT2D eigenvalue weighted by atomic mass is 32.1. The summed E-state index contributed by atoms with van der Waals surface area (Å²) in [5.41, 5.74) is 4.17. The van der Waals surface area contributed by atoms with Crippen molar-refractivity contribution in [3.63, 3.8) is 0 Å². The summed E-state index contributed by atoms with van der Waals surface area (Å²) in [5.74, 6) is -0.411. The molecule has 156 valence electrons. The summed E-state index contributed by atoms with van der Waals surface area (Å²) in [6.07, 6.45) is 3.42. The standard InChI is InChI=1S/C24H17N5O2S/c1-14(30)26-24-29-20-9-8-16(11-22(20)32-24)27-23(31)18-12-21(15-5-4-10-25-13-15)28-19-7-3-2-6-17(18)19/h2-13H,1H3,(H,27,31)(H,26,29,30). The average molecular weight is 440 g/mol. The number of hydrogen-bond donors (Lipinski definition) is 2. The highest BCUT2D eigenvalue weighted by Crippen LogP contribution is 2.29. The number of hydrogen-bond acceptors (Lipinski definition) is 6. The van der Waals surface area contributed by atoms with Crippen LogP contribution in [-0.2, 0) is 4.79 Å². The molecule has 7 nitrogen and oxygen atoms in total. The molecule has 0 aliphatic rings. The summed E-state index contributed by atoms with van der Waals surface area (Å²) in [6, 6.07) is 18.6. The Bertz CT molecular complexity index is 1480. The molecule has 0 unspecified atom stereocenters. The fourth-order valence-corrected chi connectivity index (χ4v) is 4.38. The molecule has 8 heteroatoms. The van der Waals surface area contributed by atoms with Gasteiger partial charge in [-0.05, 0) is 42.5 Å². The second kappa shape index (κ2) is 8.16. The van der Waals surface area contributed by atoms with Crippen LogP contribution in [0.1, 0.15) is 17.3 Å². The van der Waals surface area contributed by atoms with Crippen molar-refractivity contribution < 1.29 is 9.59 Å². The first-order valence-electron chi connectivity index (χ1n) is 9.86. The lowest BCUT2D eigenvalue weighted by molar-refractivity contribution is -0.114. The third kappa shape index (κ3) is 3.91. The van der Waals surface area contributed by atoms with Gasteiger partial charge in [-0.2, -0.15) is 0 Å². The Kier molecular flexibility index (Phi) is 5.04. The Balaban J connectivity index is 1.51. The molecule has 0 aliphatic heterocycles. The van der Waals surface area contributed by atoms with Crippen molar-refractivity contribution >= 4 is 55.1 Å². The van der Waals surface area contributed by atoms with Gasteiger partial charge in [-0.15, -0.1) is 0 Å². The Hall–Kier alpha value is -4.17. The zero-order valence-corrected chi connectivity index (χ0v) is 17.8. The molecule has 2 aromatic carbocycles. The minimum atomic E-state index is -0.236. The summed E-state index contributed by atoms with van der Waals surface area (Å²) in [7, 11) is 0. The molecule has 0 spiro atoms. The zero-order chi connectivity index (χ0) is 22.1. The van der Waals surface area contributed by atoms with Gasteiger partial charge in [-0.3, -0.25) is 14.6 Å². The number of carbonyl (C=O) groups is 2. The highest BCUT2D eigenvalue weighted by molar-refractivity contribution is 7.22. The fourth-order valence-electron chi connectivity index (χ4n) is 3.43. The van der Waals surface area contributed by atoms with Gasteiger partial charge in [0.05, 0.1) is 27.0 Å². The van der Waals surface area contributed by atoms with Crippen molar-refractivity contribution in [3.8, 4) is 11.3 Å². The molecule has 0 bridgehead atoms. The molecule has 5 aromatic rings. The van der Waals surface area contributed by atoms with Gasteiger partial charge in [0, 0.05) is 36.0 Å². The maximum atomic E-state index is 13.3. The van der Waals surface area contributed by atoms with Crippen LogP contribution in [0.3, 0.4) is 0 Å². The van der Waals surface area contributed by atoms with E-state index in [4.69, 9.17) is 4.98 Å². The molecule has 0 saturated carbocycles. The predicted molar refractivity (Wildman–Crippen MR) is 127 cm³/mol. The van der Waals surface area contributed by atoms with Crippen LogP contribution in [0.5, 0.6) is 0 Å². The number of fused-ring (bicyclic) bond motifs is 2. The fraction of sp³-hybridized carbons (Fsp3) is 0.0417. The molecule has 0 radical (unpaired) electrons. The lowest BCUT2D eigenvalue weighted by atomic mass is 10.0. The van der Waals surface area contributed by atoms with Gasteiger partial charge in [0.2, 0.25) is 5.91 Å². The first-order chi connectivity index (χ1) is 15.6. The van der Waals surface area contributed by atoms with Crippen LogP contribution in [0.2, 0.25) is 0 Å². The molecule has 5 rings (SSSR count). The van der Waals surface area contributed by atoms with Crippen molar-refractivity contribution in [3.05, 3.63) is 78.6 Å². The summed E-state index contributed by atoms with van der Waals surface area (Å²) in [6.45, 7) is 1.44. The van der Waals surface area contributed by atoms with Crippen molar-refractivity contribution in [1.82, 2.24) is 15.0 Å². The van der Waals surface area contributed by atoms with Crippen LogP contribution in [0.25, 0.3) is 32.4 Å². The largest absolute Gasteiger partial charge is 0.322 e. The van der Waals surface area contributed by atoms with Gasteiger partial charge in [-0.1, -0.05) is 29.5 Å². The number of nitrogens with one attached hydrogen (secondary N) is 2. The monoisotopic (exact) mass is 439 g/mol. The molecular weight excluding hydrogens is 422 g/mol. The lowest BCUT2D eigenvalue weighted by Crippen LogP contribution is -2.13. The molecular formula is C24H17N5O2S. The maximum Gasteiger partial charge on any atom is 0.256 e. The van der Waals surface area contributed by atoms with Crippen LogP contribution in [0.4, 0.5) is 10.8 Å². The van der Waals surface area contributed by atoms with E-state index in [2.05, 4.69) is 20.6 Å². The molecule has 0 saturated heterocycles. The van der Waals surface area contributed by atoms with E-state index >= 15 is 0 Å². The number of carbonyl (C=O) groups excluding carboxylic acids is 2. The van der Waals surface area contributed by atoms with Gasteiger partial charge < -0.3 is 10.6 Å². The second-order valence-electron chi connectivity index (χ2n) is 7.15. The van der Waals surface area contributed by atoms with Gasteiger partial charge in [0.1, 0.15) is 0 Å². The van der Waals surface area contributed by atoms with Crippen LogP contribution in [-0.4, -0.2) is 26.8 Å². The predicted octanol–water partition coefficient (Wildman–Crippen LogP) is 5.12. The molecule has 0 aliphatic carbocycles. The van der Waals surface area contributed by atoms with Crippen LogP contribution < -0.4 is 10.6 Å². The number of pyridine rings is 2. The molecule has 3 heterocycles. The van der Waals surface area contributed by atoms with Crippen molar-refractivity contribution in [2.45, 2.75) is 6.92 Å². The van der Waals surface area contributed by atoms with E-state index in [1.807, 2.05) is 48.5 Å². The first-order valence-corrected chi connectivity index (χ1v) is 10.7. The maximum absolute atomic E-state index is 13.3. The van der Waals surface area contributed by atoms with E-state index in [0.717, 1.165) is 26.7 Å². The lowest BCUT2D eigenvalue weighted by Gasteiger charge is -2.10. The normalized spacial score (nSPS) is 10.9. The summed E-state index contributed by atoms with van der Waals surface area (Å²) in [4.78, 5) is 37.8. The van der Waals surface area contributed by atoms with Gasteiger partial charge in [-0.25, -0.2) is 9.97 Å². The zero-order valence-electron chi connectivity index (χ0n) is 17.0. The third-order valence-electron chi connectivity index (χ3n) is 4.85. The average Bonchev–Trinajstić information content (AvgIpc) is 3.19. The number of anilines is 2. The Morgan fingerprint density at radius 2 is 1.78 bits per heavy atom. The van der Waals surface area contributed by atoms with Crippen LogP contribution >= 0.6 is 11.3 Å². The smallest absolute Gasteiger partial charge is 0.256 e. The molecule has 2 amide bonds. The van der Waals surface area contributed by atoms with Crippen molar-refractivity contribution in [2.75, 3.05) is 10.6 Å². The van der Waals surface area contributed by atoms with Gasteiger partial charge in [0.15, 0.2) is 5.13 Å². The number of rotatable bonds is 4. The van der Waals surface area contributed by atoms with Crippen LogP contribution in [0, 0.1) is 0 Å². The Morgan fingerprint density at radius 1 is 0.906 bits per heavy atom. The molecule has 2 N–H and O–H groups in total. The first kappa shape index (κ1) is 19.8. The van der Waals surface area contributed by atoms with Gasteiger partial charge >= 0.3 is 0 Å². The second-order valence-corrected chi connectivity index (χ2v) is 8.18. The number of amides is 2. The van der Waals surface area contributed by atoms with E-state index < -0.39 is 0 Å². The van der Waals surface area contributed by atoms with E-state index in [1.165, 1.54) is 18.3 Å². The van der Waals surface area contributed by atoms with E-state index in [-0.39, 0.29) is 11.8 Å². The molecule has 0 atom stereocenters. The number of para-hydroxylation sites is 1. The number of nitrogens with zero attached hydrogens (tertiary/aromatic N) is 3. The minimum absolute atomic E-state index is 0.174. The third-order valence-corrected chi connectivity index (χ3v) is 5.78. The van der Waals surface area contributed by atoms with E-state index in [0.29, 0.717) is 22.1 Å². The van der Waals surface area contributed by atoms with E-state index in [1.54, 1.807) is 24.5 Å². The topological polar surface area (TPSA) is 96.9 Å². The summed E-state index contributed by atoms with van der Waals surface area (Å²) >= 11 is 1.35. The summed E-state index contributed by atoms with van der Waals surface area (Å²) in [5, 5.41) is 6.96. The Morgan fingerprint density at radius 3 is 2.59 bits per heavy atom. The SMILES string of the molecule is CC(=O)Nc1nc2ccc(NC(=O)c3cc(-c4cccnc4)nc4ccccc34)cc2s1. The number of benzene rings is 2. The molecule has 3 aromatic heterocycles. The summed E-state index contributed by atoms with van der Waals surface area (Å²) < 4.78 is 0.863. The Labute approximate surface area is 187 Å². The highest BCUT2D eigenvalue weighted by Gasteiger charge is 2.15. The molecule has 0 fully saturated rings. The van der Waals surface area contributed by atoms with Gasteiger partial charge in [0.25, 0.3) is 5.91 Å². The quantitative estimate of drug-likeness (QED) is 0.405.